The van der Waals surface area contributed by atoms with Gasteiger partial charge in [0.25, 0.3) is 0 Å². The van der Waals surface area contributed by atoms with Crippen LogP contribution >= 0.6 is 0 Å². The Labute approximate surface area is 240 Å². The fourth-order valence-electron chi connectivity index (χ4n) is 3.80. The van der Waals surface area contributed by atoms with Crippen LogP contribution in [-0.4, -0.2) is 74.1 Å². The molecule has 0 aliphatic carbocycles. The van der Waals surface area contributed by atoms with Crippen molar-refractivity contribution in [2.75, 3.05) is 24.3 Å². The summed E-state index contributed by atoms with van der Waals surface area (Å²) in [7, 11) is -2.78. The highest BCUT2D eigenvalue weighted by Crippen LogP contribution is 2.44. The number of halogens is 1. The third-order valence-corrected chi connectivity index (χ3v) is 17.6. The van der Waals surface area contributed by atoms with Crippen LogP contribution in [0.1, 0.15) is 61.6 Å². The molecular formula is C27H49FN6O4Si2. The van der Waals surface area contributed by atoms with Crippen molar-refractivity contribution in [3.8, 4) is 0 Å². The van der Waals surface area contributed by atoms with Gasteiger partial charge in [0.05, 0.1) is 12.9 Å². The predicted octanol–water partition coefficient (Wildman–Crippen LogP) is 6.11. The van der Waals surface area contributed by atoms with Crippen LogP contribution in [0.3, 0.4) is 0 Å². The van der Waals surface area contributed by atoms with E-state index < -0.39 is 41.2 Å². The largest absolute Gasteiger partial charge is 0.414 e. The summed E-state index contributed by atoms with van der Waals surface area (Å²) in [6, 6.07) is 0. The zero-order valence-corrected chi connectivity index (χ0v) is 28.5. The van der Waals surface area contributed by atoms with E-state index in [1.807, 2.05) is 0 Å². The average molecular weight is 597 g/mol. The summed E-state index contributed by atoms with van der Waals surface area (Å²) in [6.07, 6.45) is -2.47. The Morgan fingerprint density at radius 2 is 1.70 bits per heavy atom. The first kappa shape index (κ1) is 32.6. The quantitative estimate of drug-likeness (QED) is 0.334. The average Bonchev–Trinajstić information content (AvgIpc) is 3.36. The summed E-state index contributed by atoms with van der Waals surface area (Å²) in [5.41, 5.74) is 0.798. The molecule has 2 aromatic rings. The van der Waals surface area contributed by atoms with Crippen LogP contribution in [-0.2, 0) is 18.4 Å². The Morgan fingerprint density at radius 1 is 1.10 bits per heavy atom. The molecule has 0 radical (unpaired) electrons. The Bertz CT molecular complexity index is 1210. The predicted molar refractivity (Wildman–Crippen MR) is 162 cm³/mol. The number of imidazole rings is 1. The van der Waals surface area contributed by atoms with Crippen molar-refractivity contribution in [3.05, 3.63) is 6.33 Å². The lowest BCUT2D eigenvalue weighted by atomic mass is 10.1. The molecule has 0 spiro atoms. The van der Waals surface area contributed by atoms with Crippen molar-refractivity contribution in [3.63, 3.8) is 0 Å². The first-order valence-corrected chi connectivity index (χ1v) is 19.9. The maximum absolute atomic E-state index is 16.5. The van der Waals surface area contributed by atoms with Gasteiger partial charge in [-0.3, -0.25) is 14.7 Å². The van der Waals surface area contributed by atoms with Crippen molar-refractivity contribution < 1.29 is 22.8 Å². The van der Waals surface area contributed by atoms with Crippen LogP contribution in [0.4, 0.5) is 16.2 Å². The van der Waals surface area contributed by atoms with Gasteiger partial charge in [-0.1, -0.05) is 55.4 Å². The lowest BCUT2D eigenvalue weighted by Gasteiger charge is -2.40. The van der Waals surface area contributed by atoms with Crippen LogP contribution in [0.25, 0.3) is 11.2 Å². The minimum atomic E-state index is -2.36. The lowest BCUT2D eigenvalue weighted by molar-refractivity contribution is -0.118. The number of ether oxygens (including phenoxy) is 1. The van der Waals surface area contributed by atoms with Crippen molar-refractivity contribution in [1.29, 1.82) is 0 Å². The molecule has 1 aliphatic rings. The van der Waals surface area contributed by atoms with E-state index >= 15 is 4.39 Å². The van der Waals surface area contributed by atoms with Crippen molar-refractivity contribution in [2.45, 2.75) is 116 Å². The fraction of sp³-hybridized carbons (Fsp3) is 0.778. The molecule has 3 heterocycles. The third-order valence-electron chi connectivity index (χ3n) is 8.61. The van der Waals surface area contributed by atoms with Crippen molar-refractivity contribution >= 4 is 45.5 Å². The van der Waals surface area contributed by atoms with E-state index in [0.717, 1.165) is 0 Å². The first-order chi connectivity index (χ1) is 18.2. The summed E-state index contributed by atoms with van der Waals surface area (Å²) in [5, 5.41) is 5.61. The minimum absolute atomic E-state index is 0.00620. The molecule has 1 amide bonds. The summed E-state index contributed by atoms with van der Waals surface area (Å²) >= 11 is 0. The van der Waals surface area contributed by atoms with Gasteiger partial charge in [0.2, 0.25) is 11.9 Å². The van der Waals surface area contributed by atoms with E-state index in [1.165, 1.54) is 6.33 Å². The standard InChI is InChI=1S/C27H49FN6O4Si2/c1-16(2)23(35)33-25-31-21(29-9)19-22(32-25)34(15-30-19)24-18(28)20(38-40(12,13)27(6,7)8)17(37-24)14-36-39(10,11)26(3,4)5/h15-18,20,24H,14H2,1-13H3,(H2,29,31,32,33,35)/t17-,18-,20-,24-/m1/s1. The molecule has 10 nitrogen and oxygen atoms in total. The summed E-state index contributed by atoms with van der Waals surface area (Å²) in [6.45, 7) is 25.3. The molecule has 3 rings (SSSR count). The number of carbonyl (C=O) groups is 1. The molecule has 1 aliphatic heterocycles. The zero-order chi connectivity index (χ0) is 30.4. The van der Waals surface area contributed by atoms with Gasteiger partial charge in [0.1, 0.15) is 12.2 Å². The highest BCUT2D eigenvalue weighted by molar-refractivity contribution is 6.74. The summed E-state index contributed by atoms with van der Waals surface area (Å²) in [4.78, 5) is 25.8. The van der Waals surface area contributed by atoms with Crippen LogP contribution < -0.4 is 10.6 Å². The molecule has 226 valence electrons. The van der Waals surface area contributed by atoms with E-state index in [-0.39, 0.29) is 34.5 Å². The van der Waals surface area contributed by atoms with Gasteiger partial charge < -0.3 is 18.9 Å². The number of hydrogen-bond donors (Lipinski definition) is 2. The Morgan fingerprint density at radius 3 is 2.23 bits per heavy atom. The van der Waals surface area contributed by atoms with Gasteiger partial charge in [-0.05, 0) is 36.3 Å². The van der Waals surface area contributed by atoms with Gasteiger partial charge in [-0.25, -0.2) is 9.37 Å². The molecule has 2 N–H and O–H groups in total. The molecule has 0 saturated carbocycles. The number of anilines is 2. The first-order valence-electron chi connectivity index (χ1n) is 14.0. The van der Waals surface area contributed by atoms with Crippen molar-refractivity contribution in [2.24, 2.45) is 5.92 Å². The number of nitrogens with one attached hydrogen (secondary N) is 2. The minimum Gasteiger partial charge on any atom is -0.414 e. The number of amides is 1. The van der Waals surface area contributed by atoms with E-state index in [9.17, 15) is 4.79 Å². The molecular weight excluding hydrogens is 548 g/mol. The van der Waals surface area contributed by atoms with Gasteiger partial charge in [0, 0.05) is 13.0 Å². The van der Waals surface area contributed by atoms with Gasteiger partial charge in [0.15, 0.2) is 46.0 Å². The molecule has 4 atom stereocenters. The number of carbonyl (C=O) groups excluding carboxylic acids is 1. The maximum atomic E-state index is 16.5. The smallest absolute Gasteiger partial charge is 0.233 e. The molecule has 1 fully saturated rings. The van der Waals surface area contributed by atoms with E-state index in [1.54, 1.807) is 25.5 Å². The molecule has 1 saturated heterocycles. The number of alkyl halides is 1. The second-order valence-corrected chi connectivity index (χ2v) is 23.6. The molecule has 13 heteroatoms. The van der Waals surface area contributed by atoms with Crippen LogP contribution in [0, 0.1) is 5.92 Å². The van der Waals surface area contributed by atoms with Crippen molar-refractivity contribution in [1.82, 2.24) is 19.5 Å². The lowest BCUT2D eigenvalue weighted by Crippen LogP contribution is -2.50. The second-order valence-electron chi connectivity index (χ2n) is 14.0. The monoisotopic (exact) mass is 596 g/mol. The highest BCUT2D eigenvalue weighted by Gasteiger charge is 2.52. The molecule has 40 heavy (non-hydrogen) atoms. The highest BCUT2D eigenvalue weighted by atomic mass is 28.4. The zero-order valence-electron chi connectivity index (χ0n) is 26.5. The molecule has 0 bridgehead atoms. The third kappa shape index (κ3) is 6.58. The van der Waals surface area contributed by atoms with Crippen LogP contribution in [0.5, 0.6) is 0 Å². The van der Waals surface area contributed by atoms with E-state index in [2.05, 4.69) is 93.3 Å². The molecule has 0 aromatic carbocycles. The number of hydrogen-bond acceptors (Lipinski definition) is 8. The number of aromatic nitrogens is 4. The second kappa shape index (κ2) is 11.4. The number of fused-ring (bicyclic) bond motifs is 1. The van der Waals surface area contributed by atoms with Crippen LogP contribution in [0.2, 0.25) is 36.3 Å². The number of nitrogens with zero attached hydrogens (tertiary/aromatic N) is 4. The molecule has 2 aromatic heterocycles. The Balaban J connectivity index is 2.03. The topological polar surface area (TPSA) is 112 Å². The van der Waals surface area contributed by atoms with E-state index in [4.69, 9.17) is 13.6 Å². The Hall–Kier alpha value is -1.94. The molecule has 0 unspecified atom stereocenters. The summed E-state index contributed by atoms with van der Waals surface area (Å²) in [5.74, 6) is 0.0462. The fourth-order valence-corrected chi connectivity index (χ4v) is 6.13. The van der Waals surface area contributed by atoms with Gasteiger partial charge in [-0.2, -0.15) is 9.97 Å². The Kier molecular flexibility index (Phi) is 9.27. The van der Waals surface area contributed by atoms with E-state index in [0.29, 0.717) is 17.0 Å². The summed E-state index contributed by atoms with van der Waals surface area (Å²) < 4.78 is 37.7. The maximum Gasteiger partial charge on any atom is 0.233 e. The normalized spacial score (nSPS) is 22.8. The number of rotatable bonds is 9. The van der Waals surface area contributed by atoms with Crippen LogP contribution in [0.15, 0.2) is 6.33 Å². The SMILES string of the molecule is CNc1nc(NC(=O)C(C)C)nc2c1ncn2[C@@H]1O[C@H](CO[Si](C)(C)C(C)(C)C)[C@@H](O[Si](C)(C)C(C)(C)C)[C@H]1F. The van der Waals surface area contributed by atoms with Gasteiger partial charge in [-0.15, -0.1) is 0 Å². The van der Waals surface area contributed by atoms with Gasteiger partial charge >= 0.3 is 0 Å².